The fraction of sp³-hybridized carbons (Fsp3) is 0.417. The lowest BCUT2D eigenvalue weighted by Gasteiger charge is -2.18. The van der Waals surface area contributed by atoms with Crippen LogP contribution in [-0.4, -0.2) is 23.3 Å². The van der Waals surface area contributed by atoms with Crippen LogP contribution in [0, 0.1) is 23.0 Å². The first-order chi connectivity index (χ1) is 8.93. The summed E-state index contributed by atoms with van der Waals surface area (Å²) in [6.07, 6.45) is 0.334. The average molecular weight is 348 g/mol. The van der Waals surface area contributed by atoms with Gasteiger partial charge in [-0.1, -0.05) is 0 Å². The zero-order chi connectivity index (χ0) is 14.2. The van der Waals surface area contributed by atoms with Crippen molar-refractivity contribution in [3.63, 3.8) is 0 Å². The van der Waals surface area contributed by atoms with Gasteiger partial charge in [-0.2, -0.15) is 0 Å². The average Bonchev–Trinajstić information content (AvgIpc) is 2.69. The van der Waals surface area contributed by atoms with E-state index < -0.39 is 4.92 Å². The summed E-state index contributed by atoms with van der Waals surface area (Å²) in [5.41, 5.74) is 1.03. The molecule has 1 amide bonds. The van der Waals surface area contributed by atoms with Crippen molar-refractivity contribution in [1.29, 1.82) is 0 Å². The molecule has 1 fully saturated rings. The molecule has 1 unspecified atom stereocenters. The molecule has 0 radical (unpaired) electrons. The number of benzene rings is 1. The summed E-state index contributed by atoms with van der Waals surface area (Å²) in [5, 5.41) is 11.2. The Morgan fingerprint density at radius 2 is 2.26 bits per heavy atom. The summed E-state index contributed by atoms with van der Waals surface area (Å²) in [6, 6.07) is 3.24. The molecule has 1 atom stereocenters. The lowest BCUT2D eigenvalue weighted by atomic mass is 10.1. The van der Waals surface area contributed by atoms with Gasteiger partial charge in [-0.25, -0.2) is 0 Å². The first-order valence-electron chi connectivity index (χ1n) is 5.75. The topological polar surface area (TPSA) is 63.5 Å². The van der Waals surface area contributed by atoms with E-state index in [1.165, 1.54) is 11.0 Å². The molecule has 1 aromatic rings. The predicted octanol–water partition coefficient (Wildman–Crippen LogP) is 3.26. The maximum Gasteiger partial charge on any atom is 0.294 e. The summed E-state index contributed by atoms with van der Waals surface area (Å²) >= 11 is 9.08. The number of nitro benzene ring substituents is 1. The molecule has 0 bridgehead atoms. The van der Waals surface area contributed by atoms with Crippen molar-refractivity contribution >= 4 is 44.8 Å². The Morgan fingerprint density at radius 1 is 1.58 bits per heavy atom. The van der Waals surface area contributed by atoms with E-state index in [4.69, 9.17) is 11.6 Å². The van der Waals surface area contributed by atoms with Gasteiger partial charge in [0.1, 0.15) is 5.69 Å². The molecule has 5 nitrogen and oxygen atoms in total. The number of anilines is 1. The molecular weight excluding hydrogens is 336 g/mol. The van der Waals surface area contributed by atoms with Gasteiger partial charge in [0.15, 0.2) is 0 Å². The molecule has 0 N–H and O–H groups in total. The molecule has 0 spiro atoms. The number of carbonyl (C=O) groups excluding carboxylic acids is 1. The number of hydrogen-bond donors (Lipinski definition) is 0. The third-order valence-electron chi connectivity index (χ3n) is 3.08. The molecule has 1 heterocycles. The number of halogens is 2. The smallest absolute Gasteiger partial charge is 0.294 e. The van der Waals surface area contributed by atoms with Gasteiger partial charge in [0.2, 0.25) is 5.91 Å². The second-order valence-electron chi connectivity index (χ2n) is 4.60. The Bertz CT molecular complexity index is 550. The maximum absolute atomic E-state index is 12.0. The standard InChI is InChI=1S/C12H12BrClN2O3/c1-7-2-9(13)12(10(3-7)16(18)19)15-6-8(5-14)4-11(15)17/h2-3,8H,4-6H2,1H3. The molecule has 7 heteroatoms. The molecule has 0 saturated carbocycles. The van der Waals surface area contributed by atoms with E-state index in [0.717, 1.165) is 5.56 Å². The number of alkyl halides is 1. The molecule has 1 saturated heterocycles. The molecule has 1 aromatic carbocycles. The van der Waals surface area contributed by atoms with Gasteiger partial charge in [-0.15, -0.1) is 11.6 Å². The van der Waals surface area contributed by atoms with Crippen LogP contribution in [0.2, 0.25) is 0 Å². The third-order valence-corrected chi connectivity index (χ3v) is 4.12. The number of nitro groups is 1. The zero-order valence-corrected chi connectivity index (χ0v) is 12.6. The summed E-state index contributed by atoms with van der Waals surface area (Å²) in [6.45, 7) is 2.19. The van der Waals surface area contributed by atoms with E-state index in [0.29, 0.717) is 29.0 Å². The molecular formula is C12H12BrClN2O3. The molecule has 0 aliphatic carbocycles. The second kappa shape index (κ2) is 5.46. The third kappa shape index (κ3) is 2.74. The Labute approximate surface area is 123 Å². The van der Waals surface area contributed by atoms with E-state index in [1.807, 2.05) is 0 Å². The summed E-state index contributed by atoms with van der Waals surface area (Å²) in [4.78, 5) is 24.1. The van der Waals surface area contributed by atoms with E-state index >= 15 is 0 Å². The van der Waals surface area contributed by atoms with E-state index in [2.05, 4.69) is 15.9 Å². The lowest BCUT2D eigenvalue weighted by Crippen LogP contribution is -2.26. The van der Waals surface area contributed by atoms with Crippen molar-refractivity contribution in [1.82, 2.24) is 0 Å². The summed E-state index contributed by atoms with van der Waals surface area (Å²) in [7, 11) is 0. The zero-order valence-electron chi connectivity index (χ0n) is 10.2. The largest absolute Gasteiger partial charge is 0.305 e. The Morgan fingerprint density at radius 3 is 2.79 bits per heavy atom. The second-order valence-corrected chi connectivity index (χ2v) is 5.76. The van der Waals surface area contributed by atoms with Crippen LogP contribution in [0.1, 0.15) is 12.0 Å². The minimum atomic E-state index is -0.464. The van der Waals surface area contributed by atoms with Gasteiger partial charge >= 0.3 is 0 Å². The number of hydrogen-bond acceptors (Lipinski definition) is 3. The van der Waals surface area contributed by atoms with Crippen LogP contribution in [0.5, 0.6) is 0 Å². The van der Waals surface area contributed by atoms with Gasteiger partial charge in [-0.05, 0) is 40.4 Å². The molecule has 19 heavy (non-hydrogen) atoms. The highest BCUT2D eigenvalue weighted by Gasteiger charge is 2.35. The predicted molar refractivity (Wildman–Crippen MR) is 76.7 cm³/mol. The normalized spacial score (nSPS) is 19.0. The van der Waals surface area contributed by atoms with Crippen LogP contribution < -0.4 is 4.90 Å². The lowest BCUT2D eigenvalue weighted by molar-refractivity contribution is -0.384. The Balaban J connectivity index is 2.50. The number of carbonyl (C=O) groups is 1. The van der Waals surface area contributed by atoms with Crippen LogP contribution in [0.25, 0.3) is 0 Å². The van der Waals surface area contributed by atoms with Crippen molar-refractivity contribution in [2.45, 2.75) is 13.3 Å². The van der Waals surface area contributed by atoms with Crippen LogP contribution in [-0.2, 0) is 4.79 Å². The fourth-order valence-electron chi connectivity index (χ4n) is 2.22. The van der Waals surface area contributed by atoms with Crippen molar-refractivity contribution in [2.75, 3.05) is 17.3 Å². The Kier molecular flexibility index (Phi) is 4.10. The van der Waals surface area contributed by atoms with Gasteiger partial charge in [0.25, 0.3) is 5.69 Å². The first kappa shape index (κ1) is 14.3. The highest BCUT2D eigenvalue weighted by Crippen LogP contribution is 2.39. The molecule has 0 aromatic heterocycles. The molecule has 2 rings (SSSR count). The summed E-state index contributed by atoms with van der Waals surface area (Å²) in [5.74, 6) is 0.291. The number of rotatable bonds is 3. The van der Waals surface area contributed by atoms with Crippen LogP contribution in [0.4, 0.5) is 11.4 Å². The summed E-state index contributed by atoms with van der Waals surface area (Å²) < 4.78 is 0.558. The van der Waals surface area contributed by atoms with Gasteiger partial charge in [0.05, 0.1) is 4.92 Å². The number of aryl methyl sites for hydroxylation is 1. The van der Waals surface area contributed by atoms with Crippen molar-refractivity contribution in [3.8, 4) is 0 Å². The highest BCUT2D eigenvalue weighted by atomic mass is 79.9. The van der Waals surface area contributed by atoms with Crippen LogP contribution in [0.3, 0.4) is 0 Å². The number of amides is 1. The van der Waals surface area contributed by atoms with Crippen LogP contribution >= 0.6 is 27.5 Å². The minimum Gasteiger partial charge on any atom is -0.305 e. The van der Waals surface area contributed by atoms with Gasteiger partial charge < -0.3 is 4.90 Å². The van der Waals surface area contributed by atoms with Crippen molar-refractivity contribution in [2.24, 2.45) is 5.92 Å². The highest BCUT2D eigenvalue weighted by molar-refractivity contribution is 9.10. The Hall–Kier alpha value is -1.14. The minimum absolute atomic E-state index is 0.0435. The molecule has 1 aliphatic rings. The monoisotopic (exact) mass is 346 g/mol. The maximum atomic E-state index is 12.0. The molecule has 1 aliphatic heterocycles. The first-order valence-corrected chi connectivity index (χ1v) is 7.07. The fourth-order valence-corrected chi connectivity index (χ4v) is 3.21. The van der Waals surface area contributed by atoms with Crippen molar-refractivity contribution < 1.29 is 9.72 Å². The van der Waals surface area contributed by atoms with Crippen molar-refractivity contribution in [3.05, 3.63) is 32.3 Å². The quantitative estimate of drug-likeness (QED) is 0.479. The number of nitrogens with zero attached hydrogens (tertiary/aromatic N) is 2. The van der Waals surface area contributed by atoms with Crippen LogP contribution in [0.15, 0.2) is 16.6 Å². The SMILES string of the molecule is Cc1cc(Br)c(N2CC(CCl)CC2=O)c([N+](=O)[O-])c1. The molecule has 102 valence electrons. The van der Waals surface area contributed by atoms with Gasteiger partial charge in [-0.3, -0.25) is 14.9 Å². The van der Waals surface area contributed by atoms with Gasteiger partial charge in [0, 0.05) is 29.4 Å². The van der Waals surface area contributed by atoms with E-state index in [-0.39, 0.29) is 17.5 Å². The van der Waals surface area contributed by atoms with E-state index in [1.54, 1.807) is 13.0 Å². The van der Waals surface area contributed by atoms with E-state index in [9.17, 15) is 14.9 Å².